The predicted octanol–water partition coefficient (Wildman–Crippen LogP) is 1.98. The molecule has 3 N–H and O–H groups in total. The zero-order valence-electron chi connectivity index (χ0n) is 10.8. The molecular weight excluding hydrogens is 244 g/mol. The Morgan fingerprint density at radius 3 is 2.74 bits per heavy atom. The topological polar surface area (TPSA) is 78.4 Å². The molecule has 1 aliphatic rings. The van der Waals surface area contributed by atoms with Gasteiger partial charge in [0.05, 0.1) is 5.56 Å². The maximum atomic E-state index is 11.6. The highest BCUT2D eigenvalue weighted by Crippen LogP contribution is 2.25. The Kier molecular flexibility index (Phi) is 4.04. The zero-order valence-corrected chi connectivity index (χ0v) is 10.8. The minimum Gasteiger partial charge on any atom is -0.478 e. The minimum atomic E-state index is -0.963. The van der Waals surface area contributed by atoms with Crippen molar-refractivity contribution < 1.29 is 14.7 Å². The third-order valence-electron chi connectivity index (χ3n) is 3.34. The van der Waals surface area contributed by atoms with Crippen molar-refractivity contribution in [1.82, 2.24) is 10.6 Å². The normalized spacial score (nSPS) is 21.3. The highest BCUT2D eigenvalue weighted by Gasteiger charge is 2.26. The number of carbonyl (C=O) groups is 2. The lowest BCUT2D eigenvalue weighted by Crippen LogP contribution is -2.47. The standard InChI is InChI=1S/C14H18N2O3/c1-9-5-12(6-9)16-14(19)15-8-10-3-2-4-11(7-10)13(17)18/h2-4,7,9,12H,5-6,8H2,1H3,(H,17,18)(H2,15,16,19). The molecule has 0 unspecified atom stereocenters. The average Bonchev–Trinajstić information content (AvgIpc) is 2.35. The lowest BCUT2D eigenvalue weighted by atomic mass is 9.82. The molecule has 2 amide bonds. The molecule has 0 spiro atoms. The van der Waals surface area contributed by atoms with E-state index in [0.29, 0.717) is 12.5 Å². The molecule has 1 saturated carbocycles. The van der Waals surface area contributed by atoms with Crippen LogP contribution in [0.5, 0.6) is 0 Å². The molecule has 0 aliphatic heterocycles. The third kappa shape index (κ3) is 3.71. The van der Waals surface area contributed by atoms with Gasteiger partial charge in [0, 0.05) is 12.6 Å². The maximum Gasteiger partial charge on any atom is 0.335 e. The Labute approximate surface area is 112 Å². The van der Waals surface area contributed by atoms with Gasteiger partial charge in [0.1, 0.15) is 0 Å². The fraction of sp³-hybridized carbons (Fsp3) is 0.429. The summed E-state index contributed by atoms with van der Waals surface area (Å²) in [5, 5.41) is 14.5. The quantitative estimate of drug-likeness (QED) is 0.776. The lowest BCUT2D eigenvalue weighted by Gasteiger charge is -2.33. The highest BCUT2D eigenvalue weighted by atomic mass is 16.4. The SMILES string of the molecule is CC1CC(NC(=O)NCc2cccc(C(=O)O)c2)C1. The molecule has 0 bridgehead atoms. The van der Waals surface area contributed by atoms with Gasteiger partial charge >= 0.3 is 12.0 Å². The Morgan fingerprint density at radius 2 is 2.11 bits per heavy atom. The highest BCUT2D eigenvalue weighted by molar-refractivity contribution is 5.87. The van der Waals surface area contributed by atoms with Crippen molar-refractivity contribution in [3.8, 4) is 0 Å². The van der Waals surface area contributed by atoms with Crippen LogP contribution in [-0.2, 0) is 6.54 Å². The Balaban J connectivity index is 1.80. The van der Waals surface area contributed by atoms with Gasteiger partial charge in [0.25, 0.3) is 0 Å². The van der Waals surface area contributed by atoms with Crippen LogP contribution in [0.1, 0.15) is 35.7 Å². The van der Waals surface area contributed by atoms with Gasteiger partial charge in [-0.15, -0.1) is 0 Å². The molecule has 102 valence electrons. The van der Waals surface area contributed by atoms with Crippen molar-refractivity contribution in [2.24, 2.45) is 5.92 Å². The molecule has 1 aliphatic carbocycles. The molecule has 1 fully saturated rings. The van der Waals surface area contributed by atoms with Gasteiger partial charge in [-0.1, -0.05) is 19.1 Å². The number of carbonyl (C=O) groups excluding carboxylic acids is 1. The summed E-state index contributed by atoms with van der Waals surface area (Å²) in [6.07, 6.45) is 2.06. The van der Waals surface area contributed by atoms with Crippen LogP contribution < -0.4 is 10.6 Å². The van der Waals surface area contributed by atoms with Crippen molar-refractivity contribution in [1.29, 1.82) is 0 Å². The molecule has 5 nitrogen and oxygen atoms in total. The van der Waals surface area contributed by atoms with E-state index in [1.54, 1.807) is 18.2 Å². The smallest absolute Gasteiger partial charge is 0.335 e. The second kappa shape index (κ2) is 5.73. The fourth-order valence-corrected chi connectivity index (χ4v) is 2.25. The van der Waals surface area contributed by atoms with Crippen LogP contribution in [-0.4, -0.2) is 23.1 Å². The van der Waals surface area contributed by atoms with Crippen molar-refractivity contribution in [3.63, 3.8) is 0 Å². The van der Waals surface area contributed by atoms with Crippen LogP contribution in [0, 0.1) is 5.92 Å². The van der Waals surface area contributed by atoms with Gasteiger partial charge in [0.15, 0.2) is 0 Å². The predicted molar refractivity (Wildman–Crippen MR) is 71.0 cm³/mol. The van der Waals surface area contributed by atoms with E-state index in [-0.39, 0.29) is 17.6 Å². The van der Waals surface area contributed by atoms with E-state index in [1.807, 2.05) is 0 Å². The van der Waals surface area contributed by atoms with E-state index >= 15 is 0 Å². The second-order valence-corrected chi connectivity index (χ2v) is 5.11. The van der Waals surface area contributed by atoms with Gasteiger partial charge in [-0.2, -0.15) is 0 Å². The van der Waals surface area contributed by atoms with E-state index in [2.05, 4.69) is 17.6 Å². The Bertz CT molecular complexity index is 481. The number of urea groups is 1. The number of carboxylic acid groups (broad SMARTS) is 1. The van der Waals surface area contributed by atoms with Crippen LogP contribution >= 0.6 is 0 Å². The van der Waals surface area contributed by atoms with E-state index in [4.69, 9.17) is 5.11 Å². The van der Waals surface area contributed by atoms with Crippen molar-refractivity contribution >= 4 is 12.0 Å². The number of carboxylic acids is 1. The number of hydrogen-bond donors (Lipinski definition) is 3. The van der Waals surface area contributed by atoms with Gasteiger partial charge < -0.3 is 15.7 Å². The molecule has 0 radical (unpaired) electrons. The molecule has 5 heteroatoms. The molecule has 1 aromatic rings. The largest absolute Gasteiger partial charge is 0.478 e. The lowest BCUT2D eigenvalue weighted by molar-refractivity contribution is 0.0696. The summed E-state index contributed by atoms with van der Waals surface area (Å²) in [5.41, 5.74) is 1.00. The summed E-state index contributed by atoms with van der Waals surface area (Å²) >= 11 is 0. The molecular formula is C14H18N2O3. The number of benzene rings is 1. The van der Waals surface area contributed by atoms with E-state index in [9.17, 15) is 9.59 Å². The number of rotatable bonds is 4. The maximum absolute atomic E-state index is 11.6. The molecule has 19 heavy (non-hydrogen) atoms. The third-order valence-corrected chi connectivity index (χ3v) is 3.34. The first-order valence-corrected chi connectivity index (χ1v) is 6.41. The first-order valence-electron chi connectivity index (χ1n) is 6.41. The zero-order chi connectivity index (χ0) is 13.8. The van der Waals surface area contributed by atoms with E-state index in [1.165, 1.54) is 6.07 Å². The summed E-state index contributed by atoms with van der Waals surface area (Å²) in [4.78, 5) is 22.4. The fourth-order valence-electron chi connectivity index (χ4n) is 2.25. The van der Waals surface area contributed by atoms with Crippen LogP contribution in [0.2, 0.25) is 0 Å². The Hall–Kier alpha value is -2.04. The molecule has 0 aromatic heterocycles. The molecule has 0 heterocycles. The van der Waals surface area contributed by atoms with Gasteiger partial charge in [-0.05, 0) is 36.5 Å². The molecule has 0 saturated heterocycles. The first-order chi connectivity index (χ1) is 9.04. The molecule has 2 rings (SSSR count). The van der Waals surface area contributed by atoms with Crippen LogP contribution in [0.15, 0.2) is 24.3 Å². The number of aromatic carboxylic acids is 1. The van der Waals surface area contributed by atoms with Crippen molar-refractivity contribution in [2.75, 3.05) is 0 Å². The van der Waals surface area contributed by atoms with Gasteiger partial charge in [0.2, 0.25) is 0 Å². The second-order valence-electron chi connectivity index (χ2n) is 5.11. The number of nitrogens with one attached hydrogen (secondary N) is 2. The van der Waals surface area contributed by atoms with Gasteiger partial charge in [-0.3, -0.25) is 0 Å². The summed E-state index contributed by atoms with van der Waals surface area (Å²) in [6.45, 7) is 2.49. The minimum absolute atomic E-state index is 0.197. The molecule has 0 atom stereocenters. The van der Waals surface area contributed by atoms with Gasteiger partial charge in [-0.25, -0.2) is 9.59 Å². The first kappa shape index (κ1) is 13.4. The monoisotopic (exact) mass is 262 g/mol. The van der Waals surface area contributed by atoms with Crippen molar-refractivity contribution in [3.05, 3.63) is 35.4 Å². The summed E-state index contributed by atoms with van der Waals surface area (Å²) in [5.74, 6) is -0.271. The van der Waals surface area contributed by atoms with E-state index < -0.39 is 5.97 Å². The average molecular weight is 262 g/mol. The van der Waals surface area contributed by atoms with Crippen molar-refractivity contribution in [2.45, 2.75) is 32.4 Å². The Morgan fingerprint density at radius 1 is 1.37 bits per heavy atom. The summed E-state index contributed by atoms with van der Waals surface area (Å²) in [6, 6.07) is 6.64. The summed E-state index contributed by atoms with van der Waals surface area (Å²) < 4.78 is 0. The number of hydrogen-bond acceptors (Lipinski definition) is 2. The van der Waals surface area contributed by atoms with Crippen LogP contribution in [0.25, 0.3) is 0 Å². The summed E-state index contributed by atoms with van der Waals surface area (Å²) in [7, 11) is 0. The number of amides is 2. The van der Waals surface area contributed by atoms with Crippen LogP contribution in [0.4, 0.5) is 4.79 Å². The molecule has 1 aromatic carbocycles. The van der Waals surface area contributed by atoms with E-state index in [0.717, 1.165) is 18.4 Å². The van der Waals surface area contributed by atoms with Crippen LogP contribution in [0.3, 0.4) is 0 Å².